The van der Waals surface area contributed by atoms with Crippen LogP contribution in [0.5, 0.6) is 0 Å². The zero-order valence-electron chi connectivity index (χ0n) is 11.9. The summed E-state index contributed by atoms with van der Waals surface area (Å²) in [7, 11) is 0. The van der Waals surface area contributed by atoms with Gasteiger partial charge in [-0.1, -0.05) is 44.2 Å². The van der Waals surface area contributed by atoms with Gasteiger partial charge >= 0.3 is 6.03 Å². The Morgan fingerprint density at radius 3 is 2.47 bits per heavy atom. The summed E-state index contributed by atoms with van der Waals surface area (Å²) < 4.78 is 0. The van der Waals surface area contributed by atoms with E-state index in [1.807, 2.05) is 30.3 Å². The first-order chi connectivity index (χ1) is 9.05. The van der Waals surface area contributed by atoms with Crippen LogP contribution in [0.15, 0.2) is 30.3 Å². The molecule has 2 N–H and O–H groups in total. The highest BCUT2D eigenvalue weighted by atomic mass is 16.2. The Balaban J connectivity index is 1.70. The van der Waals surface area contributed by atoms with Crippen LogP contribution >= 0.6 is 0 Å². The zero-order valence-corrected chi connectivity index (χ0v) is 11.9. The number of rotatable bonds is 3. The standard InChI is InChI=1S/C16H24N2O/c1-16(2)10-8-14(9-11-16)18-15(19)17-12-13-6-4-3-5-7-13/h3-7,14H,8-12H2,1-2H3,(H2,17,18,19). The molecule has 0 atom stereocenters. The Morgan fingerprint density at radius 2 is 1.84 bits per heavy atom. The second-order valence-electron chi connectivity index (χ2n) is 6.25. The Hall–Kier alpha value is -1.51. The fourth-order valence-corrected chi connectivity index (χ4v) is 2.56. The fraction of sp³-hybridized carbons (Fsp3) is 0.562. The van der Waals surface area contributed by atoms with E-state index in [4.69, 9.17) is 0 Å². The van der Waals surface area contributed by atoms with Crippen LogP contribution in [0.4, 0.5) is 4.79 Å². The van der Waals surface area contributed by atoms with E-state index in [9.17, 15) is 4.79 Å². The first kappa shape index (κ1) is 13.9. The van der Waals surface area contributed by atoms with Gasteiger partial charge in [-0.25, -0.2) is 4.79 Å². The molecule has 1 aromatic rings. The van der Waals surface area contributed by atoms with Crippen molar-refractivity contribution in [1.29, 1.82) is 0 Å². The predicted octanol–water partition coefficient (Wildman–Crippen LogP) is 3.45. The lowest BCUT2D eigenvalue weighted by atomic mass is 9.76. The molecule has 0 aliphatic heterocycles. The molecular weight excluding hydrogens is 236 g/mol. The maximum Gasteiger partial charge on any atom is 0.315 e. The summed E-state index contributed by atoms with van der Waals surface area (Å²) >= 11 is 0. The molecule has 2 rings (SSSR count). The summed E-state index contributed by atoms with van der Waals surface area (Å²) in [6.45, 7) is 5.20. The Kier molecular flexibility index (Phi) is 4.46. The minimum absolute atomic E-state index is 0.0476. The largest absolute Gasteiger partial charge is 0.335 e. The van der Waals surface area contributed by atoms with Gasteiger partial charge in [0.1, 0.15) is 0 Å². The van der Waals surface area contributed by atoms with Gasteiger partial charge in [-0.2, -0.15) is 0 Å². The van der Waals surface area contributed by atoms with E-state index in [2.05, 4.69) is 24.5 Å². The van der Waals surface area contributed by atoms with E-state index < -0.39 is 0 Å². The van der Waals surface area contributed by atoms with Crippen molar-refractivity contribution in [3.63, 3.8) is 0 Å². The van der Waals surface area contributed by atoms with Gasteiger partial charge in [-0.15, -0.1) is 0 Å². The molecule has 0 saturated heterocycles. The number of urea groups is 1. The average Bonchev–Trinajstić information content (AvgIpc) is 2.40. The van der Waals surface area contributed by atoms with E-state index in [1.165, 1.54) is 12.8 Å². The third-order valence-corrected chi connectivity index (χ3v) is 3.97. The average molecular weight is 260 g/mol. The molecule has 3 heteroatoms. The van der Waals surface area contributed by atoms with Gasteiger partial charge in [0.15, 0.2) is 0 Å². The van der Waals surface area contributed by atoms with Crippen molar-refractivity contribution >= 4 is 6.03 Å². The topological polar surface area (TPSA) is 41.1 Å². The van der Waals surface area contributed by atoms with Crippen LogP contribution in [0, 0.1) is 5.41 Å². The Labute approximate surface area is 115 Å². The number of hydrogen-bond acceptors (Lipinski definition) is 1. The normalized spacial score (nSPS) is 18.8. The van der Waals surface area contributed by atoms with E-state index >= 15 is 0 Å². The first-order valence-corrected chi connectivity index (χ1v) is 7.13. The maximum absolute atomic E-state index is 11.8. The van der Waals surface area contributed by atoms with Crippen LogP contribution in [-0.4, -0.2) is 12.1 Å². The minimum atomic E-state index is -0.0476. The molecular formula is C16H24N2O. The summed E-state index contributed by atoms with van der Waals surface area (Å²) in [4.78, 5) is 11.8. The monoisotopic (exact) mass is 260 g/mol. The van der Waals surface area contributed by atoms with Crippen molar-refractivity contribution in [2.24, 2.45) is 5.41 Å². The predicted molar refractivity (Wildman–Crippen MR) is 77.9 cm³/mol. The molecule has 0 spiro atoms. The number of carbonyl (C=O) groups excluding carboxylic acids is 1. The van der Waals surface area contributed by atoms with Crippen molar-refractivity contribution in [3.05, 3.63) is 35.9 Å². The number of nitrogens with one attached hydrogen (secondary N) is 2. The lowest BCUT2D eigenvalue weighted by molar-refractivity contribution is 0.197. The van der Waals surface area contributed by atoms with Crippen LogP contribution in [0.25, 0.3) is 0 Å². The zero-order chi connectivity index (χ0) is 13.7. The van der Waals surface area contributed by atoms with Crippen molar-refractivity contribution in [3.8, 4) is 0 Å². The molecule has 19 heavy (non-hydrogen) atoms. The van der Waals surface area contributed by atoms with E-state index in [-0.39, 0.29) is 6.03 Å². The highest BCUT2D eigenvalue weighted by molar-refractivity contribution is 5.74. The maximum atomic E-state index is 11.8. The lowest BCUT2D eigenvalue weighted by Gasteiger charge is -2.34. The summed E-state index contributed by atoms with van der Waals surface area (Å²) in [6, 6.07) is 10.3. The van der Waals surface area contributed by atoms with Gasteiger partial charge in [0.05, 0.1) is 0 Å². The smallest absolute Gasteiger partial charge is 0.315 e. The fourth-order valence-electron chi connectivity index (χ4n) is 2.56. The van der Waals surface area contributed by atoms with Crippen LogP contribution in [0.1, 0.15) is 45.1 Å². The quantitative estimate of drug-likeness (QED) is 0.858. The summed E-state index contributed by atoms with van der Waals surface area (Å²) in [5, 5.41) is 5.99. The van der Waals surface area contributed by atoms with Crippen LogP contribution in [0.2, 0.25) is 0 Å². The molecule has 0 aromatic heterocycles. The van der Waals surface area contributed by atoms with Crippen molar-refractivity contribution in [2.75, 3.05) is 0 Å². The molecule has 0 radical (unpaired) electrons. The summed E-state index contributed by atoms with van der Waals surface area (Å²) in [6.07, 6.45) is 4.56. The molecule has 1 aromatic carbocycles. The van der Waals surface area contributed by atoms with E-state index in [0.717, 1.165) is 18.4 Å². The third kappa shape index (κ3) is 4.58. The summed E-state index contributed by atoms with van der Waals surface area (Å²) in [5.41, 5.74) is 1.57. The first-order valence-electron chi connectivity index (χ1n) is 7.13. The second kappa shape index (κ2) is 6.09. The molecule has 1 saturated carbocycles. The molecule has 1 aliphatic carbocycles. The molecule has 0 heterocycles. The molecule has 0 unspecified atom stereocenters. The van der Waals surface area contributed by atoms with Crippen molar-refractivity contribution < 1.29 is 4.79 Å². The molecule has 1 fully saturated rings. The SMILES string of the molecule is CC1(C)CCC(NC(=O)NCc2ccccc2)CC1. The van der Waals surface area contributed by atoms with Gasteiger partial charge in [0.25, 0.3) is 0 Å². The highest BCUT2D eigenvalue weighted by Gasteiger charge is 2.27. The van der Waals surface area contributed by atoms with E-state index in [1.54, 1.807) is 0 Å². The minimum Gasteiger partial charge on any atom is -0.335 e. The van der Waals surface area contributed by atoms with Crippen molar-refractivity contribution in [2.45, 2.75) is 52.1 Å². The van der Waals surface area contributed by atoms with Gasteiger partial charge in [0.2, 0.25) is 0 Å². The number of carbonyl (C=O) groups is 1. The van der Waals surface area contributed by atoms with Gasteiger partial charge in [0, 0.05) is 12.6 Å². The van der Waals surface area contributed by atoms with Gasteiger partial charge < -0.3 is 10.6 Å². The van der Waals surface area contributed by atoms with Crippen LogP contribution < -0.4 is 10.6 Å². The third-order valence-electron chi connectivity index (χ3n) is 3.97. The Morgan fingerprint density at radius 1 is 1.21 bits per heavy atom. The highest BCUT2D eigenvalue weighted by Crippen LogP contribution is 2.34. The molecule has 1 aliphatic rings. The molecule has 3 nitrogen and oxygen atoms in total. The van der Waals surface area contributed by atoms with Gasteiger partial charge in [-0.05, 0) is 36.7 Å². The summed E-state index contributed by atoms with van der Waals surface area (Å²) in [5.74, 6) is 0. The van der Waals surface area contributed by atoms with Crippen molar-refractivity contribution in [1.82, 2.24) is 10.6 Å². The molecule has 0 bridgehead atoms. The van der Waals surface area contributed by atoms with Gasteiger partial charge in [-0.3, -0.25) is 0 Å². The van der Waals surface area contributed by atoms with Crippen LogP contribution in [0.3, 0.4) is 0 Å². The Bertz CT molecular complexity index is 404. The lowest BCUT2D eigenvalue weighted by Crippen LogP contribution is -2.44. The number of hydrogen-bond donors (Lipinski definition) is 2. The number of amides is 2. The molecule has 104 valence electrons. The van der Waals surface area contributed by atoms with Crippen LogP contribution in [-0.2, 0) is 6.54 Å². The van der Waals surface area contributed by atoms with E-state index in [0.29, 0.717) is 18.0 Å². The number of benzene rings is 1. The molecule has 2 amide bonds. The second-order valence-corrected chi connectivity index (χ2v) is 6.25.